The number of hydroxylamine groups is 1. The van der Waals surface area contributed by atoms with E-state index >= 15 is 0 Å². The second-order valence-corrected chi connectivity index (χ2v) is 3.46. The summed E-state index contributed by atoms with van der Waals surface area (Å²) < 4.78 is 4.97. The van der Waals surface area contributed by atoms with Crippen LogP contribution in [0.5, 0.6) is 0 Å². The summed E-state index contributed by atoms with van der Waals surface area (Å²) >= 11 is 0. The van der Waals surface area contributed by atoms with Crippen molar-refractivity contribution in [2.45, 2.75) is 26.4 Å². The lowest BCUT2D eigenvalue weighted by Gasteiger charge is -2.24. The lowest BCUT2D eigenvalue weighted by atomic mass is 10.2. The predicted octanol–water partition coefficient (Wildman–Crippen LogP) is 0.488. The van der Waals surface area contributed by atoms with Crippen LogP contribution in [-0.4, -0.2) is 36.8 Å². The normalized spacial score (nSPS) is 10.9. The average molecular weight is 204 g/mol. The molecular weight excluding hydrogens is 188 g/mol. The number of hydrazine groups is 1. The van der Waals surface area contributed by atoms with Crippen LogP contribution in [0.25, 0.3) is 0 Å². The summed E-state index contributed by atoms with van der Waals surface area (Å²) in [7, 11) is 1.48. The highest BCUT2D eigenvalue weighted by Gasteiger charge is 2.21. The maximum Gasteiger partial charge on any atom is 0.450 e. The molecule has 0 saturated heterocycles. The van der Waals surface area contributed by atoms with Crippen LogP contribution in [0, 0.1) is 0 Å². The second kappa shape index (κ2) is 5.56. The van der Waals surface area contributed by atoms with Crippen LogP contribution in [0.2, 0.25) is 0 Å². The lowest BCUT2D eigenvalue weighted by Crippen LogP contribution is -2.44. The molecule has 0 bridgehead atoms. The Labute approximate surface area is 83.1 Å². The van der Waals surface area contributed by atoms with Gasteiger partial charge in [0.25, 0.3) is 0 Å². The third-order valence-corrected chi connectivity index (χ3v) is 1.03. The fraction of sp³-hybridized carbons (Fsp3) is 0.750. The molecule has 0 fully saturated rings. The molecule has 14 heavy (non-hydrogen) atoms. The van der Waals surface area contributed by atoms with E-state index in [1.807, 2.05) is 0 Å². The Balaban J connectivity index is 4.10. The monoisotopic (exact) mass is 204 g/mol. The van der Waals surface area contributed by atoms with Gasteiger partial charge in [0.1, 0.15) is 18.5 Å². The summed E-state index contributed by atoms with van der Waals surface area (Å²) in [6.45, 7) is 5.00. The van der Waals surface area contributed by atoms with Crippen molar-refractivity contribution < 1.29 is 19.2 Å². The molecule has 1 N–H and O–H groups in total. The second-order valence-electron chi connectivity index (χ2n) is 3.46. The first kappa shape index (κ1) is 12.9. The number of nitrogens with zero attached hydrogens (tertiary/aromatic N) is 1. The number of aldehydes is 1. The van der Waals surface area contributed by atoms with Gasteiger partial charge in [0.05, 0.1) is 0 Å². The Morgan fingerprint density at radius 1 is 1.50 bits per heavy atom. The smallest absolute Gasteiger partial charge is 0.441 e. The van der Waals surface area contributed by atoms with Gasteiger partial charge in [0, 0.05) is 7.05 Å². The van der Waals surface area contributed by atoms with E-state index in [0.29, 0.717) is 6.29 Å². The number of carbonyl (C=O) groups excluding carboxylic acids is 2. The Hall–Kier alpha value is -1.14. The molecule has 0 aromatic rings. The predicted molar refractivity (Wildman–Crippen MR) is 49.1 cm³/mol. The van der Waals surface area contributed by atoms with Crippen LogP contribution in [0.3, 0.4) is 0 Å². The highest BCUT2D eigenvalue weighted by Crippen LogP contribution is 2.08. The third-order valence-electron chi connectivity index (χ3n) is 1.03. The Morgan fingerprint density at radius 3 is 2.43 bits per heavy atom. The van der Waals surface area contributed by atoms with Gasteiger partial charge in [-0.05, 0) is 20.8 Å². The first-order chi connectivity index (χ1) is 6.40. The van der Waals surface area contributed by atoms with Gasteiger partial charge >= 0.3 is 6.09 Å². The van der Waals surface area contributed by atoms with Crippen molar-refractivity contribution >= 4 is 12.4 Å². The van der Waals surface area contributed by atoms with Crippen LogP contribution >= 0.6 is 0 Å². The van der Waals surface area contributed by atoms with Crippen molar-refractivity contribution in [2.24, 2.45) is 0 Å². The van der Waals surface area contributed by atoms with Crippen molar-refractivity contribution in [3.63, 3.8) is 0 Å². The lowest BCUT2D eigenvalue weighted by molar-refractivity contribution is -0.173. The Morgan fingerprint density at radius 2 is 2.07 bits per heavy atom. The number of hydrogen-bond acceptors (Lipinski definition) is 5. The zero-order valence-corrected chi connectivity index (χ0v) is 8.86. The molecule has 0 aromatic heterocycles. The molecule has 0 aliphatic carbocycles. The molecule has 0 atom stereocenters. The minimum atomic E-state index is -0.693. The third kappa shape index (κ3) is 5.50. The van der Waals surface area contributed by atoms with E-state index in [1.165, 1.54) is 7.05 Å². The van der Waals surface area contributed by atoms with Crippen LogP contribution in [0.4, 0.5) is 4.79 Å². The van der Waals surface area contributed by atoms with Crippen molar-refractivity contribution in [1.29, 1.82) is 0 Å². The molecular formula is C8H16N2O4. The SMILES string of the molecule is CNN(OCC=O)C(=O)OC(C)(C)C. The maximum absolute atomic E-state index is 11.3. The molecule has 0 saturated carbocycles. The highest BCUT2D eigenvalue weighted by atomic mass is 16.8. The fourth-order valence-corrected chi connectivity index (χ4v) is 0.617. The molecule has 0 radical (unpaired) electrons. The first-order valence-electron chi connectivity index (χ1n) is 4.17. The molecule has 0 aromatic carbocycles. The highest BCUT2D eigenvalue weighted by molar-refractivity contribution is 5.66. The van der Waals surface area contributed by atoms with Gasteiger partial charge in [0.2, 0.25) is 0 Å². The van der Waals surface area contributed by atoms with E-state index in [4.69, 9.17) is 9.57 Å². The summed E-state index contributed by atoms with van der Waals surface area (Å²) in [4.78, 5) is 26.0. The van der Waals surface area contributed by atoms with Crippen molar-refractivity contribution in [3.05, 3.63) is 0 Å². The van der Waals surface area contributed by atoms with E-state index in [2.05, 4.69) is 5.43 Å². The van der Waals surface area contributed by atoms with Crippen molar-refractivity contribution in [1.82, 2.24) is 10.6 Å². The summed E-state index contributed by atoms with van der Waals surface area (Å²) in [6, 6.07) is 0. The topological polar surface area (TPSA) is 67.9 Å². The standard InChI is InChI=1S/C8H16N2O4/c1-8(2,3)14-7(12)10(9-4)13-6-5-11/h5,9H,6H2,1-4H3. The summed E-state index contributed by atoms with van der Waals surface area (Å²) in [5.41, 5.74) is 1.84. The van der Waals surface area contributed by atoms with Gasteiger partial charge in [-0.15, -0.1) is 5.17 Å². The zero-order chi connectivity index (χ0) is 11.2. The number of ether oxygens (including phenoxy) is 1. The van der Waals surface area contributed by atoms with Crippen LogP contribution in [0.1, 0.15) is 20.8 Å². The Bertz CT molecular complexity index is 200. The van der Waals surface area contributed by atoms with Gasteiger partial charge in [-0.3, -0.25) is 0 Å². The van der Waals surface area contributed by atoms with Gasteiger partial charge in [-0.25, -0.2) is 15.1 Å². The zero-order valence-electron chi connectivity index (χ0n) is 8.86. The van der Waals surface area contributed by atoms with Gasteiger partial charge in [0.15, 0.2) is 0 Å². The van der Waals surface area contributed by atoms with Crippen LogP contribution in [-0.2, 0) is 14.4 Å². The molecule has 0 aliphatic rings. The number of nitrogens with one attached hydrogen (secondary N) is 1. The molecule has 0 aliphatic heterocycles. The molecule has 0 rings (SSSR count). The molecule has 0 unspecified atom stereocenters. The average Bonchev–Trinajstić information content (AvgIpc) is 2.02. The largest absolute Gasteiger partial charge is 0.450 e. The molecule has 6 heteroatoms. The molecule has 0 heterocycles. The van der Waals surface area contributed by atoms with Gasteiger partial charge < -0.3 is 9.53 Å². The van der Waals surface area contributed by atoms with Crippen molar-refractivity contribution in [2.75, 3.05) is 13.7 Å². The summed E-state index contributed by atoms with van der Waals surface area (Å²) in [5.74, 6) is 0. The van der Waals surface area contributed by atoms with Crippen LogP contribution < -0.4 is 5.43 Å². The van der Waals surface area contributed by atoms with E-state index in [1.54, 1.807) is 20.8 Å². The molecule has 1 amide bonds. The molecule has 82 valence electrons. The van der Waals surface area contributed by atoms with Crippen LogP contribution in [0.15, 0.2) is 0 Å². The summed E-state index contributed by atoms with van der Waals surface area (Å²) in [5, 5.41) is 0.764. The van der Waals surface area contributed by atoms with E-state index in [-0.39, 0.29) is 6.61 Å². The van der Waals surface area contributed by atoms with E-state index < -0.39 is 11.7 Å². The van der Waals surface area contributed by atoms with E-state index in [9.17, 15) is 9.59 Å². The summed E-state index contributed by atoms with van der Waals surface area (Å²) in [6.07, 6.45) is -0.156. The molecule has 6 nitrogen and oxygen atoms in total. The first-order valence-corrected chi connectivity index (χ1v) is 4.17. The Kier molecular flexibility index (Phi) is 5.11. The number of rotatable bonds is 4. The van der Waals surface area contributed by atoms with E-state index in [0.717, 1.165) is 5.17 Å². The minimum absolute atomic E-state index is 0.208. The van der Waals surface area contributed by atoms with Gasteiger partial charge in [-0.1, -0.05) is 0 Å². The number of amides is 1. The number of carbonyl (C=O) groups is 2. The fourth-order valence-electron chi connectivity index (χ4n) is 0.617. The maximum atomic E-state index is 11.3. The van der Waals surface area contributed by atoms with Crippen molar-refractivity contribution in [3.8, 4) is 0 Å². The van der Waals surface area contributed by atoms with Gasteiger partial charge in [-0.2, -0.15) is 0 Å². The minimum Gasteiger partial charge on any atom is -0.441 e. The number of hydrogen-bond donors (Lipinski definition) is 1. The quantitative estimate of drug-likeness (QED) is 0.533. The molecule has 0 spiro atoms.